The van der Waals surface area contributed by atoms with Crippen molar-refractivity contribution in [3.8, 4) is 0 Å². The second-order valence-electron chi connectivity index (χ2n) is 4.54. The molecule has 0 heterocycles. The van der Waals surface area contributed by atoms with Crippen LogP contribution in [0, 0.1) is 13.8 Å². The third-order valence-corrected chi connectivity index (χ3v) is 3.47. The molecule has 1 amide bonds. The Morgan fingerprint density at radius 3 is 2.60 bits per heavy atom. The normalized spacial score (nSPS) is 10.2. The first-order valence-corrected chi connectivity index (χ1v) is 6.54. The fraction of sp³-hybridized carbons (Fsp3) is 0.133. The van der Waals surface area contributed by atoms with Crippen LogP contribution >= 0.6 is 11.6 Å². The molecule has 0 radical (unpaired) electrons. The SMILES string of the molecule is Cc1cccc(NC(=O)c2cc(Cl)ccc2NN)c1C. The number of anilines is 2. The number of halogens is 1. The van der Waals surface area contributed by atoms with Crippen LogP contribution < -0.4 is 16.6 Å². The van der Waals surface area contributed by atoms with Crippen molar-refractivity contribution in [2.24, 2.45) is 5.84 Å². The molecule has 5 heteroatoms. The minimum absolute atomic E-state index is 0.255. The second-order valence-corrected chi connectivity index (χ2v) is 4.97. The molecule has 0 aliphatic rings. The molecule has 0 atom stereocenters. The monoisotopic (exact) mass is 289 g/mol. The van der Waals surface area contributed by atoms with Crippen LogP contribution in [0.3, 0.4) is 0 Å². The molecule has 104 valence electrons. The molecule has 0 spiro atoms. The first-order chi connectivity index (χ1) is 9.52. The van der Waals surface area contributed by atoms with Crippen molar-refractivity contribution in [2.75, 3.05) is 10.7 Å². The molecule has 0 unspecified atom stereocenters. The van der Waals surface area contributed by atoms with E-state index in [4.69, 9.17) is 17.4 Å². The van der Waals surface area contributed by atoms with Crippen LogP contribution in [0.1, 0.15) is 21.5 Å². The zero-order valence-electron chi connectivity index (χ0n) is 11.3. The van der Waals surface area contributed by atoms with Gasteiger partial charge in [0.05, 0.1) is 11.3 Å². The summed E-state index contributed by atoms with van der Waals surface area (Å²) in [4.78, 5) is 12.3. The van der Waals surface area contributed by atoms with E-state index in [0.717, 1.165) is 16.8 Å². The average Bonchev–Trinajstić information content (AvgIpc) is 2.43. The Kier molecular flexibility index (Phi) is 4.27. The van der Waals surface area contributed by atoms with Crippen molar-refractivity contribution in [2.45, 2.75) is 13.8 Å². The number of hydrazine groups is 1. The minimum atomic E-state index is -0.255. The van der Waals surface area contributed by atoms with Crippen LogP contribution in [0.15, 0.2) is 36.4 Å². The molecule has 0 bridgehead atoms. The average molecular weight is 290 g/mol. The van der Waals surface area contributed by atoms with E-state index < -0.39 is 0 Å². The van der Waals surface area contributed by atoms with Gasteiger partial charge in [-0.25, -0.2) is 0 Å². The molecule has 0 aromatic heterocycles. The topological polar surface area (TPSA) is 67.2 Å². The molecule has 0 aliphatic carbocycles. The van der Waals surface area contributed by atoms with Crippen molar-refractivity contribution in [3.63, 3.8) is 0 Å². The smallest absolute Gasteiger partial charge is 0.257 e. The van der Waals surface area contributed by atoms with Gasteiger partial charge in [-0.2, -0.15) is 0 Å². The van der Waals surface area contributed by atoms with Crippen molar-refractivity contribution < 1.29 is 4.79 Å². The third-order valence-electron chi connectivity index (χ3n) is 3.23. The second kappa shape index (κ2) is 5.94. The Balaban J connectivity index is 2.33. The van der Waals surface area contributed by atoms with Crippen molar-refractivity contribution in [1.82, 2.24) is 0 Å². The predicted octanol–water partition coefficient (Wildman–Crippen LogP) is 3.49. The molecule has 0 fully saturated rings. The first kappa shape index (κ1) is 14.4. The van der Waals surface area contributed by atoms with Crippen LogP contribution in [0.4, 0.5) is 11.4 Å². The van der Waals surface area contributed by atoms with Crippen molar-refractivity contribution in [1.29, 1.82) is 0 Å². The van der Waals surface area contributed by atoms with Gasteiger partial charge in [-0.05, 0) is 49.2 Å². The van der Waals surface area contributed by atoms with E-state index in [1.807, 2.05) is 32.0 Å². The molecular formula is C15H16ClN3O. The predicted molar refractivity (Wildman–Crippen MR) is 83.1 cm³/mol. The number of rotatable bonds is 3. The number of aryl methyl sites for hydroxylation is 1. The standard InChI is InChI=1S/C15H16ClN3O/c1-9-4-3-5-13(10(9)2)18-15(20)12-8-11(16)6-7-14(12)19-17/h3-8,19H,17H2,1-2H3,(H,18,20). The van der Waals surface area contributed by atoms with E-state index in [2.05, 4.69) is 10.7 Å². The van der Waals surface area contributed by atoms with Crippen molar-refractivity contribution in [3.05, 3.63) is 58.1 Å². The lowest BCUT2D eigenvalue weighted by atomic mass is 10.1. The van der Waals surface area contributed by atoms with E-state index >= 15 is 0 Å². The molecule has 4 N–H and O–H groups in total. The van der Waals surface area contributed by atoms with E-state index in [9.17, 15) is 4.79 Å². The van der Waals surface area contributed by atoms with E-state index in [1.54, 1.807) is 18.2 Å². The number of nitrogen functional groups attached to an aromatic ring is 1. The van der Waals surface area contributed by atoms with E-state index in [1.165, 1.54) is 0 Å². The Morgan fingerprint density at radius 2 is 1.90 bits per heavy atom. The number of carbonyl (C=O) groups is 1. The highest BCUT2D eigenvalue weighted by Crippen LogP contribution is 2.23. The lowest BCUT2D eigenvalue weighted by molar-refractivity contribution is 0.102. The summed E-state index contributed by atoms with van der Waals surface area (Å²) in [6.45, 7) is 3.96. The summed E-state index contributed by atoms with van der Waals surface area (Å²) in [5.74, 6) is 5.16. The van der Waals surface area contributed by atoms with Gasteiger partial charge in [0.15, 0.2) is 0 Å². The highest BCUT2D eigenvalue weighted by Gasteiger charge is 2.13. The molecule has 2 aromatic rings. The van der Waals surface area contributed by atoms with Gasteiger partial charge in [-0.15, -0.1) is 0 Å². The van der Waals surface area contributed by atoms with Gasteiger partial charge in [0.2, 0.25) is 0 Å². The molecule has 20 heavy (non-hydrogen) atoms. The Bertz CT molecular complexity index is 656. The van der Waals surface area contributed by atoms with Crippen LogP contribution in [0.2, 0.25) is 5.02 Å². The van der Waals surface area contributed by atoms with Gasteiger partial charge >= 0.3 is 0 Å². The molecule has 4 nitrogen and oxygen atoms in total. The Morgan fingerprint density at radius 1 is 1.15 bits per heavy atom. The quantitative estimate of drug-likeness (QED) is 0.598. The number of nitrogens with one attached hydrogen (secondary N) is 2. The van der Waals surface area contributed by atoms with E-state index in [-0.39, 0.29) is 5.91 Å². The molecule has 2 aromatic carbocycles. The molecule has 0 saturated heterocycles. The fourth-order valence-corrected chi connectivity index (χ4v) is 2.08. The van der Waals surface area contributed by atoms with Gasteiger partial charge in [-0.3, -0.25) is 10.6 Å². The summed E-state index contributed by atoms with van der Waals surface area (Å²) in [6.07, 6.45) is 0. The van der Waals surface area contributed by atoms with Crippen molar-refractivity contribution >= 4 is 28.9 Å². The van der Waals surface area contributed by atoms with Crippen LogP contribution in [-0.2, 0) is 0 Å². The Hall–Kier alpha value is -2.04. The number of amides is 1. The number of carbonyl (C=O) groups excluding carboxylic acids is 1. The van der Waals surface area contributed by atoms with Crippen LogP contribution in [0.5, 0.6) is 0 Å². The minimum Gasteiger partial charge on any atom is -0.323 e. The van der Waals surface area contributed by atoms with Gasteiger partial charge in [-0.1, -0.05) is 23.7 Å². The van der Waals surface area contributed by atoms with Gasteiger partial charge in [0.25, 0.3) is 5.91 Å². The zero-order chi connectivity index (χ0) is 14.7. The summed E-state index contributed by atoms with van der Waals surface area (Å²) in [5.41, 5.74) is 6.35. The number of hydrogen-bond donors (Lipinski definition) is 3. The summed E-state index contributed by atoms with van der Waals surface area (Å²) >= 11 is 5.93. The molecule has 2 rings (SSSR count). The number of benzene rings is 2. The number of hydrogen-bond acceptors (Lipinski definition) is 3. The maximum atomic E-state index is 12.3. The third kappa shape index (κ3) is 2.92. The summed E-state index contributed by atoms with van der Waals surface area (Å²) in [5, 5.41) is 3.36. The molecule has 0 aliphatic heterocycles. The maximum absolute atomic E-state index is 12.3. The maximum Gasteiger partial charge on any atom is 0.257 e. The van der Waals surface area contributed by atoms with Gasteiger partial charge in [0.1, 0.15) is 0 Å². The highest BCUT2D eigenvalue weighted by atomic mass is 35.5. The van der Waals surface area contributed by atoms with Gasteiger partial charge < -0.3 is 10.7 Å². The van der Waals surface area contributed by atoms with Gasteiger partial charge in [0, 0.05) is 10.7 Å². The molecular weight excluding hydrogens is 274 g/mol. The highest BCUT2D eigenvalue weighted by molar-refractivity contribution is 6.31. The molecule has 0 saturated carbocycles. The Labute approximate surface area is 122 Å². The van der Waals surface area contributed by atoms with Crippen LogP contribution in [-0.4, -0.2) is 5.91 Å². The lowest BCUT2D eigenvalue weighted by Gasteiger charge is -2.13. The lowest BCUT2D eigenvalue weighted by Crippen LogP contribution is -2.17. The largest absolute Gasteiger partial charge is 0.323 e. The van der Waals surface area contributed by atoms with E-state index in [0.29, 0.717) is 16.3 Å². The van der Waals surface area contributed by atoms with Crippen LogP contribution in [0.25, 0.3) is 0 Å². The summed E-state index contributed by atoms with van der Waals surface area (Å²) in [6, 6.07) is 10.7. The first-order valence-electron chi connectivity index (χ1n) is 6.16. The fourth-order valence-electron chi connectivity index (χ4n) is 1.91. The summed E-state index contributed by atoms with van der Waals surface area (Å²) in [7, 11) is 0. The summed E-state index contributed by atoms with van der Waals surface area (Å²) < 4.78 is 0. The number of nitrogens with two attached hydrogens (primary N) is 1. The zero-order valence-corrected chi connectivity index (χ0v) is 12.1.